The summed E-state index contributed by atoms with van der Waals surface area (Å²) >= 11 is 0. The fourth-order valence-corrected chi connectivity index (χ4v) is 4.99. The number of likely N-dealkylation sites (tertiary alicyclic amines) is 1. The number of Topliss-reactive ketones (excluding diaryl/α,β-unsaturated/α-hetero) is 1. The van der Waals surface area contributed by atoms with Gasteiger partial charge in [-0.05, 0) is 57.9 Å². The molecule has 0 saturated carbocycles. The average Bonchev–Trinajstić information content (AvgIpc) is 3.48. The number of rotatable bonds is 3. The molecule has 3 aliphatic rings. The van der Waals surface area contributed by atoms with Gasteiger partial charge in [-0.25, -0.2) is 4.79 Å². The summed E-state index contributed by atoms with van der Waals surface area (Å²) in [6.07, 6.45) is 8.88. The van der Waals surface area contributed by atoms with Gasteiger partial charge in [0, 0.05) is 37.4 Å². The third-order valence-electron chi connectivity index (χ3n) is 7.18. The van der Waals surface area contributed by atoms with Gasteiger partial charge in [0.05, 0.1) is 17.5 Å². The van der Waals surface area contributed by atoms with Gasteiger partial charge in [0.2, 0.25) is 11.6 Å². The highest BCUT2D eigenvalue weighted by atomic mass is 16.6. The SMILES string of the molecule is CC.COC1/C=C\C=C(/C)C(=O)NC2=CC(=O)C(N3CCCC3)=C(CCCCC(O)C/C=C(\C)C1OC(N)=O)C2=O. The second kappa shape index (κ2) is 16.7. The molecule has 10 nitrogen and oxygen atoms in total. The van der Waals surface area contributed by atoms with E-state index < -0.39 is 30.3 Å². The Morgan fingerprint density at radius 1 is 1.10 bits per heavy atom. The molecule has 2 aliphatic heterocycles. The highest BCUT2D eigenvalue weighted by Crippen LogP contribution is 2.29. The molecule has 226 valence electrons. The minimum atomic E-state index is -0.963. The number of allylic oxidation sites excluding steroid dienone is 4. The van der Waals surface area contributed by atoms with Crippen molar-refractivity contribution in [3.8, 4) is 0 Å². The molecule has 41 heavy (non-hydrogen) atoms. The largest absolute Gasteiger partial charge is 0.439 e. The maximum absolute atomic E-state index is 13.5. The zero-order valence-electron chi connectivity index (χ0n) is 24.9. The third-order valence-corrected chi connectivity index (χ3v) is 7.18. The Labute approximate surface area is 243 Å². The number of hydrogen-bond acceptors (Lipinski definition) is 8. The first-order valence-corrected chi connectivity index (χ1v) is 14.4. The molecular weight excluding hydrogens is 526 g/mol. The molecule has 3 unspecified atom stereocenters. The number of primary amides is 1. The number of nitrogens with two attached hydrogens (primary N) is 1. The fourth-order valence-electron chi connectivity index (χ4n) is 4.99. The first-order valence-electron chi connectivity index (χ1n) is 14.4. The maximum atomic E-state index is 13.5. The van der Waals surface area contributed by atoms with Crippen LogP contribution >= 0.6 is 0 Å². The second-order valence-corrected chi connectivity index (χ2v) is 10.1. The van der Waals surface area contributed by atoms with Crippen molar-refractivity contribution in [2.24, 2.45) is 5.73 Å². The number of aliphatic hydroxyl groups is 1. The van der Waals surface area contributed by atoms with Gasteiger partial charge in [0.15, 0.2) is 6.10 Å². The molecule has 10 heteroatoms. The van der Waals surface area contributed by atoms with E-state index in [9.17, 15) is 24.3 Å². The van der Waals surface area contributed by atoms with Gasteiger partial charge in [-0.2, -0.15) is 0 Å². The normalized spacial score (nSPS) is 28.3. The van der Waals surface area contributed by atoms with Crippen LogP contribution in [0.3, 0.4) is 0 Å². The second-order valence-electron chi connectivity index (χ2n) is 10.1. The van der Waals surface area contributed by atoms with Gasteiger partial charge < -0.3 is 30.5 Å². The van der Waals surface area contributed by atoms with Crippen LogP contribution in [0.15, 0.2) is 58.5 Å². The number of ether oxygens (including phenoxy) is 2. The minimum absolute atomic E-state index is 0.0397. The Morgan fingerprint density at radius 2 is 1.78 bits per heavy atom. The lowest BCUT2D eigenvalue weighted by Gasteiger charge is -2.27. The first kappa shape index (κ1) is 33.7. The first-order chi connectivity index (χ1) is 19.6. The van der Waals surface area contributed by atoms with Crippen molar-refractivity contribution in [3.05, 3.63) is 58.5 Å². The molecular formula is C31H45N3O7. The number of nitrogens with zero attached hydrogens (tertiary/aromatic N) is 1. The Bertz CT molecular complexity index is 1130. The molecule has 0 aromatic carbocycles. The summed E-state index contributed by atoms with van der Waals surface area (Å²) in [5, 5.41) is 13.2. The molecule has 3 rings (SSSR count). The molecule has 1 fully saturated rings. The number of ketones is 2. The average molecular weight is 572 g/mol. The van der Waals surface area contributed by atoms with Gasteiger partial charge in [-0.3, -0.25) is 14.4 Å². The van der Waals surface area contributed by atoms with E-state index in [1.54, 1.807) is 32.1 Å². The molecule has 1 aliphatic carbocycles. The van der Waals surface area contributed by atoms with Crippen molar-refractivity contribution >= 4 is 23.6 Å². The van der Waals surface area contributed by atoms with Crippen LogP contribution in [0.25, 0.3) is 0 Å². The number of methoxy groups -OCH3 is 1. The number of carbonyl (C=O) groups is 4. The highest BCUT2D eigenvalue weighted by Gasteiger charge is 2.33. The molecule has 0 aromatic heterocycles. The van der Waals surface area contributed by atoms with Gasteiger partial charge >= 0.3 is 6.09 Å². The predicted molar refractivity (Wildman–Crippen MR) is 156 cm³/mol. The van der Waals surface area contributed by atoms with Crippen LogP contribution in [0.5, 0.6) is 0 Å². The topological polar surface area (TPSA) is 148 Å². The van der Waals surface area contributed by atoms with E-state index >= 15 is 0 Å². The monoisotopic (exact) mass is 571 g/mol. The quantitative estimate of drug-likeness (QED) is 0.343. The standard InChI is InChI=1S/C29H39N3O7.C2H6/c1-18-13-14-20(33)10-4-5-11-21-25(32-15-6-7-16-32)23(34)17-22(26(21)35)31-28(36)19(2)9-8-12-24(38-3)27(18)39-29(30)37;1-2/h8-9,12-13,17,20,24,27,33H,4-7,10-11,14-16H2,1-3H3,(H2,30,37)(H,31,36);1-2H3/b12-8-,18-13+,19-9+;. The van der Waals surface area contributed by atoms with E-state index in [2.05, 4.69) is 5.32 Å². The van der Waals surface area contributed by atoms with Gasteiger partial charge in [0.1, 0.15) is 6.10 Å². The Hall–Kier alpha value is -3.50. The molecule has 0 radical (unpaired) electrons. The van der Waals surface area contributed by atoms with Crippen LogP contribution < -0.4 is 11.1 Å². The van der Waals surface area contributed by atoms with Crippen LogP contribution in [0.1, 0.15) is 72.6 Å². The number of amides is 2. The van der Waals surface area contributed by atoms with Crippen molar-refractivity contribution in [2.45, 2.75) is 91.0 Å². The van der Waals surface area contributed by atoms with Crippen LogP contribution in [-0.4, -0.2) is 72.1 Å². The third kappa shape index (κ3) is 9.54. The summed E-state index contributed by atoms with van der Waals surface area (Å²) in [6, 6.07) is 0. The Kier molecular flexibility index (Phi) is 13.7. The van der Waals surface area contributed by atoms with Crippen LogP contribution in [0.2, 0.25) is 0 Å². The smallest absolute Gasteiger partial charge is 0.405 e. The van der Waals surface area contributed by atoms with E-state index in [1.807, 2.05) is 18.7 Å². The van der Waals surface area contributed by atoms with Crippen molar-refractivity contribution in [1.29, 1.82) is 0 Å². The summed E-state index contributed by atoms with van der Waals surface area (Å²) in [5.41, 5.74) is 7.04. The predicted octanol–water partition coefficient (Wildman–Crippen LogP) is 3.77. The molecule has 0 aromatic rings. The summed E-state index contributed by atoms with van der Waals surface area (Å²) in [6.45, 7) is 8.78. The molecule has 3 atom stereocenters. The zero-order valence-corrected chi connectivity index (χ0v) is 24.9. The lowest BCUT2D eigenvalue weighted by molar-refractivity contribution is -0.120. The van der Waals surface area contributed by atoms with E-state index in [-0.39, 0.29) is 17.3 Å². The summed E-state index contributed by atoms with van der Waals surface area (Å²) < 4.78 is 10.8. The van der Waals surface area contributed by atoms with Crippen molar-refractivity contribution < 1.29 is 33.8 Å². The lowest BCUT2D eigenvalue weighted by Crippen LogP contribution is -2.36. The molecule has 2 heterocycles. The summed E-state index contributed by atoms with van der Waals surface area (Å²) in [4.78, 5) is 53.0. The number of carbonyl (C=O) groups excluding carboxylic acids is 4. The highest BCUT2D eigenvalue weighted by molar-refractivity contribution is 6.23. The van der Waals surface area contributed by atoms with Gasteiger partial charge in [-0.1, -0.05) is 44.6 Å². The van der Waals surface area contributed by atoms with Crippen LogP contribution in [-0.2, 0) is 23.9 Å². The molecule has 0 spiro atoms. The van der Waals surface area contributed by atoms with Gasteiger partial charge in [0.25, 0.3) is 5.91 Å². The fraction of sp³-hybridized carbons (Fsp3) is 0.548. The van der Waals surface area contributed by atoms with Crippen molar-refractivity contribution in [3.63, 3.8) is 0 Å². The number of hydrogen-bond donors (Lipinski definition) is 3. The Balaban J connectivity index is 0.00000287. The molecule has 2 bridgehead atoms. The number of nitrogens with one attached hydrogen (secondary N) is 1. The number of aliphatic hydroxyl groups excluding tert-OH is 1. The number of fused-ring (bicyclic) bond motifs is 2. The van der Waals surface area contributed by atoms with Gasteiger partial charge in [-0.15, -0.1) is 0 Å². The summed E-state index contributed by atoms with van der Waals surface area (Å²) in [5.74, 6) is -1.15. The van der Waals surface area contributed by atoms with Crippen LogP contribution in [0, 0.1) is 0 Å². The molecule has 4 N–H and O–H groups in total. The zero-order chi connectivity index (χ0) is 30.5. The van der Waals surface area contributed by atoms with Crippen LogP contribution in [0.4, 0.5) is 4.79 Å². The molecule has 1 saturated heterocycles. The van der Waals surface area contributed by atoms with Crippen molar-refractivity contribution in [2.75, 3.05) is 20.2 Å². The lowest BCUT2D eigenvalue weighted by atomic mass is 9.91. The van der Waals surface area contributed by atoms with E-state index in [0.717, 1.165) is 25.9 Å². The summed E-state index contributed by atoms with van der Waals surface area (Å²) in [7, 11) is 1.45. The van der Waals surface area contributed by atoms with E-state index in [1.165, 1.54) is 19.3 Å². The minimum Gasteiger partial charge on any atom is -0.439 e. The molecule has 2 amide bonds. The van der Waals surface area contributed by atoms with E-state index in [4.69, 9.17) is 15.2 Å². The Morgan fingerprint density at radius 3 is 2.41 bits per heavy atom. The van der Waals surface area contributed by atoms with Crippen molar-refractivity contribution in [1.82, 2.24) is 10.2 Å². The maximum Gasteiger partial charge on any atom is 0.405 e. The van der Waals surface area contributed by atoms with E-state index in [0.29, 0.717) is 54.5 Å².